The van der Waals surface area contributed by atoms with Crippen molar-refractivity contribution in [2.75, 3.05) is 11.9 Å². The Morgan fingerprint density at radius 3 is 2.58 bits per heavy atom. The Kier molecular flexibility index (Phi) is 4.86. The molecule has 1 aliphatic rings. The highest BCUT2D eigenvalue weighted by atomic mass is 16.1. The quantitative estimate of drug-likeness (QED) is 0.665. The van der Waals surface area contributed by atoms with Crippen LogP contribution in [0.15, 0.2) is 72.0 Å². The average molecular weight is 317 g/mol. The topological polar surface area (TPSA) is 46.4 Å². The first-order chi connectivity index (χ1) is 11.5. The van der Waals surface area contributed by atoms with Crippen molar-refractivity contribution < 1.29 is 0 Å². The van der Waals surface area contributed by atoms with E-state index >= 15 is 0 Å². The molecule has 1 aliphatic heterocycles. The molecule has 2 rings (SSSR count). The zero-order chi connectivity index (χ0) is 17.9. The van der Waals surface area contributed by atoms with Crippen molar-refractivity contribution in [3.05, 3.63) is 89.4 Å². The van der Waals surface area contributed by atoms with E-state index in [1.165, 1.54) is 4.57 Å². The number of hydrogen-bond donors (Lipinski definition) is 1. The van der Waals surface area contributed by atoms with Gasteiger partial charge in [-0.15, -0.1) is 18.0 Å². The van der Waals surface area contributed by atoms with Crippen LogP contribution in [-0.2, 0) is 0 Å². The average Bonchev–Trinajstić information content (AvgIpc) is 2.85. The zero-order valence-corrected chi connectivity index (χ0v) is 13.8. The van der Waals surface area contributed by atoms with Crippen LogP contribution in [0.25, 0.3) is 11.8 Å². The Bertz CT molecular complexity index is 944. The third kappa shape index (κ3) is 2.46. The molecular weight excluding hydrogens is 298 g/mol. The van der Waals surface area contributed by atoms with Gasteiger partial charge in [0.2, 0.25) is 0 Å². The molecule has 0 amide bonds. The summed E-state index contributed by atoms with van der Waals surface area (Å²) in [7, 11) is 0. The van der Waals surface area contributed by atoms with Gasteiger partial charge in [0.15, 0.2) is 0 Å². The van der Waals surface area contributed by atoms with Gasteiger partial charge >= 0.3 is 0 Å². The van der Waals surface area contributed by atoms with E-state index in [0.717, 1.165) is 11.3 Å². The molecule has 4 nitrogen and oxygen atoms in total. The van der Waals surface area contributed by atoms with Gasteiger partial charge in [0, 0.05) is 0 Å². The van der Waals surface area contributed by atoms with E-state index in [0.29, 0.717) is 34.8 Å². The number of hydrogen-bond acceptors (Lipinski definition) is 3. The van der Waals surface area contributed by atoms with Gasteiger partial charge in [-0.2, -0.15) is 0 Å². The molecular formula is C20H19N3O. The smallest absolute Gasteiger partial charge is 0.263 e. The van der Waals surface area contributed by atoms with Crippen LogP contribution in [0.2, 0.25) is 0 Å². The first-order valence-electron chi connectivity index (χ1n) is 7.32. The Hall–Kier alpha value is -3.32. The first-order valence-corrected chi connectivity index (χ1v) is 7.32. The second kappa shape index (κ2) is 6.84. The molecule has 0 saturated heterocycles. The molecule has 0 saturated carbocycles. The minimum absolute atomic E-state index is 0.213. The molecule has 0 bridgehead atoms. The zero-order valence-electron chi connectivity index (χ0n) is 13.8. The molecule has 1 aromatic rings. The molecule has 4 heteroatoms. The minimum atomic E-state index is -0.213. The molecule has 0 aromatic carbocycles. The van der Waals surface area contributed by atoms with E-state index in [9.17, 15) is 4.79 Å². The molecule has 1 N–H and O–H groups in total. The van der Waals surface area contributed by atoms with Crippen molar-refractivity contribution >= 4 is 23.2 Å². The van der Waals surface area contributed by atoms with Crippen LogP contribution in [0.1, 0.15) is 16.8 Å². The Labute approximate surface area is 141 Å². The number of rotatable bonds is 5. The van der Waals surface area contributed by atoms with E-state index < -0.39 is 0 Å². The lowest BCUT2D eigenvalue weighted by Crippen LogP contribution is -2.24. The number of nitrogens with one attached hydrogen (secondary N) is 1. The minimum Gasteiger partial charge on any atom is -0.360 e. The third-order valence-corrected chi connectivity index (χ3v) is 3.74. The number of allylic oxidation sites excluding steroid dienone is 2. The summed E-state index contributed by atoms with van der Waals surface area (Å²) in [5.41, 5.74) is 9.55. The predicted molar refractivity (Wildman–Crippen MR) is 102 cm³/mol. The van der Waals surface area contributed by atoms with Crippen LogP contribution in [0.3, 0.4) is 0 Å². The number of fused-ring (bicyclic) bond motifs is 1. The van der Waals surface area contributed by atoms with Gasteiger partial charge in [0.05, 0.1) is 34.8 Å². The number of anilines is 1. The summed E-state index contributed by atoms with van der Waals surface area (Å²) in [4.78, 5) is 17.4. The van der Waals surface area contributed by atoms with Crippen LogP contribution in [0.5, 0.6) is 0 Å². The molecule has 1 aromatic heterocycles. The molecule has 24 heavy (non-hydrogen) atoms. The monoisotopic (exact) mass is 317 g/mol. The van der Waals surface area contributed by atoms with Gasteiger partial charge in [0.1, 0.15) is 5.71 Å². The maximum atomic E-state index is 12.9. The summed E-state index contributed by atoms with van der Waals surface area (Å²) in [5.74, 6) is 0. The normalized spacial score (nSPS) is 14.0. The summed E-state index contributed by atoms with van der Waals surface area (Å²) in [6, 6.07) is 0. The Morgan fingerprint density at radius 2 is 2.04 bits per heavy atom. The van der Waals surface area contributed by atoms with Crippen molar-refractivity contribution in [1.29, 1.82) is 0 Å². The third-order valence-electron chi connectivity index (χ3n) is 3.74. The van der Waals surface area contributed by atoms with E-state index in [4.69, 9.17) is 0 Å². The molecule has 0 aliphatic carbocycles. The number of pyridine rings is 1. The summed E-state index contributed by atoms with van der Waals surface area (Å²) < 4.78 is 1.51. The van der Waals surface area contributed by atoms with E-state index in [-0.39, 0.29) is 5.56 Å². The van der Waals surface area contributed by atoms with Crippen LogP contribution in [0, 0.1) is 6.92 Å². The van der Waals surface area contributed by atoms with E-state index in [1.807, 2.05) is 6.92 Å². The van der Waals surface area contributed by atoms with Crippen molar-refractivity contribution in [3.8, 4) is 0 Å². The molecule has 0 spiro atoms. The summed E-state index contributed by atoms with van der Waals surface area (Å²) in [5, 5.41) is 3.10. The lowest BCUT2D eigenvalue weighted by molar-refractivity contribution is 1.02. The molecule has 0 atom stereocenters. The molecule has 120 valence electrons. The summed E-state index contributed by atoms with van der Waals surface area (Å²) in [6.07, 6.45) is 4.79. The molecule has 0 fully saturated rings. The maximum Gasteiger partial charge on any atom is 0.263 e. The fourth-order valence-corrected chi connectivity index (χ4v) is 2.70. The predicted octanol–water partition coefficient (Wildman–Crippen LogP) is 3.68. The van der Waals surface area contributed by atoms with Gasteiger partial charge in [0.25, 0.3) is 5.56 Å². The Morgan fingerprint density at radius 1 is 1.33 bits per heavy atom. The van der Waals surface area contributed by atoms with Crippen LogP contribution < -0.4 is 10.9 Å². The fourth-order valence-electron chi connectivity index (χ4n) is 2.70. The van der Waals surface area contributed by atoms with Gasteiger partial charge in [-0.1, -0.05) is 32.4 Å². The van der Waals surface area contributed by atoms with Crippen LogP contribution in [-0.4, -0.2) is 16.8 Å². The highest BCUT2D eigenvalue weighted by molar-refractivity contribution is 6.25. The van der Waals surface area contributed by atoms with Gasteiger partial charge in [-0.05, 0) is 24.8 Å². The maximum absolute atomic E-state index is 12.9. The summed E-state index contributed by atoms with van der Waals surface area (Å²) >= 11 is 0. The first kappa shape index (κ1) is 17.0. The highest BCUT2D eigenvalue weighted by Gasteiger charge is 2.32. The van der Waals surface area contributed by atoms with Crippen molar-refractivity contribution in [2.24, 2.45) is 4.99 Å². The van der Waals surface area contributed by atoms with Crippen molar-refractivity contribution in [2.45, 2.75) is 6.92 Å². The highest BCUT2D eigenvalue weighted by Crippen LogP contribution is 2.35. The lowest BCUT2D eigenvalue weighted by atomic mass is 10.0. The number of nitrogens with zero attached hydrogens (tertiary/aromatic N) is 2. The largest absolute Gasteiger partial charge is 0.360 e. The SMILES string of the molecule is C=C=Cc1c(C)c(NC=C)c2n(c1=O)C(=C)C(=C=C)C2=NCC=C. The number of aromatic nitrogens is 1. The van der Waals surface area contributed by atoms with Crippen molar-refractivity contribution in [3.63, 3.8) is 0 Å². The Balaban J connectivity index is 3.04. The van der Waals surface area contributed by atoms with Gasteiger partial charge in [-0.3, -0.25) is 14.4 Å². The fraction of sp³-hybridized carbons (Fsp3) is 0.100. The van der Waals surface area contributed by atoms with E-state index in [1.54, 1.807) is 18.4 Å². The van der Waals surface area contributed by atoms with Crippen molar-refractivity contribution in [1.82, 2.24) is 4.57 Å². The second-order valence-corrected chi connectivity index (χ2v) is 5.08. The molecule has 0 radical (unpaired) electrons. The van der Waals surface area contributed by atoms with Gasteiger partial charge < -0.3 is 5.32 Å². The molecule has 0 unspecified atom stereocenters. The van der Waals surface area contributed by atoms with E-state index in [2.05, 4.69) is 54.7 Å². The standard InChI is InChI=1S/C20H19N3O/c1-7-11-16-13(5)17(21-10-4)19-18(22-12-8-2)15(9-3)14(6)23(19)20(16)24/h8,10-11,21H,1-4,6,12H2,5H3. The molecule has 2 heterocycles. The van der Waals surface area contributed by atoms with Crippen LogP contribution >= 0.6 is 0 Å². The van der Waals surface area contributed by atoms with Gasteiger partial charge in [-0.25, -0.2) is 0 Å². The van der Waals surface area contributed by atoms with Crippen LogP contribution in [0.4, 0.5) is 5.69 Å². The summed E-state index contributed by atoms with van der Waals surface area (Å²) in [6.45, 7) is 20.9. The number of aliphatic imine (C=N–C) groups is 1. The lowest BCUT2D eigenvalue weighted by Gasteiger charge is -2.15. The second-order valence-electron chi connectivity index (χ2n) is 5.08.